The number of nitrogens with two attached hydrogens (primary N) is 1. The molecule has 0 amide bonds. The Balaban J connectivity index is 0.000000184. The van der Waals surface area contributed by atoms with Gasteiger partial charge in [-0.25, -0.2) is 0 Å². The molecule has 0 aliphatic heterocycles. The highest BCUT2D eigenvalue weighted by atomic mass is 14.5. The molecule has 2 aromatic rings. The number of benzene rings is 2. The molecule has 0 aromatic heterocycles. The summed E-state index contributed by atoms with van der Waals surface area (Å²) in [4.78, 5) is 0. The van der Waals surface area contributed by atoms with Gasteiger partial charge in [0.1, 0.15) is 0 Å². The van der Waals surface area contributed by atoms with Crippen LogP contribution in [0.15, 0.2) is 42.5 Å². The fraction of sp³-hybridized carbons (Fsp3) is 0.294. The van der Waals surface area contributed by atoms with Gasteiger partial charge >= 0.3 is 0 Å². The van der Waals surface area contributed by atoms with Crippen molar-refractivity contribution in [3.63, 3.8) is 0 Å². The second-order valence-electron chi connectivity index (χ2n) is 4.73. The van der Waals surface area contributed by atoms with Gasteiger partial charge in [0.05, 0.1) is 0 Å². The fourth-order valence-corrected chi connectivity index (χ4v) is 1.81. The largest absolute Gasteiger partial charge is 0.326 e. The van der Waals surface area contributed by atoms with Crippen molar-refractivity contribution >= 4 is 0 Å². The van der Waals surface area contributed by atoms with Crippen molar-refractivity contribution < 1.29 is 0 Å². The molecule has 2 N–H and O–H groups in total. The van der Waals surface area contributed by atoms with Gasteiger partial charge in [0, 0.05) is 6.54 Å². The first-order valence-electron chi connectivity index (χ1n) is 6.33. The van der Waals surface area contributed by atoms with Gasteiger partial charge in [-0.2, -0.15) is 0 Å². The van der Waals surface area contributed by atoms with Gasteiger partial charge in [-0.05, 0) is 44.4 Å². The summed E-state index contributed by atoms with van der Waals surface area (Å²) in [5, 5.41) is 0. The summed E-state index contributed by atoms with van der Waals surface area (Å²) in [7, 11) is 0. The maximum absolute atomic E-state index is 5.55. The predicted molar refractivity (Wildman–Crippen MR) is 79.7 cm³/mol. The zero-order valence-electron chi connectivity index (χ0n) is 11.8. The number of aryl methyl sites for hydroxylation is 4. The van der Waals surface area contributed by atoms with Crippen molar-refractivity contribution in [2.75, 3.05) is 0 Å². The van der Waals surface area contributed by atoms with Crippen LogP contribution in [-0.2, 0) is 6.54 Å². The van der Waals surface area contributed by atoms with E-state index in [1.54, 1.807) is 0 Å². The maximum Gasteiger partial charge on any atom is 0.0183 e. The first-order chi connectivity index (χ1) is 8.54. The van der Waals surface area contributed by atoms with E-state index in [-0.39, 0.29) is 0 Å². The molecule has 2 rings (SSSR count). The second-order valence-corrected chi connectivity index (χ2v) is 4.73. The van der Waals surface area contributed by atoms with Crippen molar-refractivity contribution in [1.82, 2.24) is 0 Å². The third-order valence-electron chi connectivity index (χ3n) is 3.07. The summed E-state index contributed by atoms with van der Waals surface area (Å²) in [5.41, 5.74) is 12.1. The van der Waals surface area contributed by atoms with E-state index in [2.05, 4.69) is 70.2 Å². The number of rotatable bonds is 1. The van der Waals surface area contributed by atoms with Gasteiger partial charge in [-0.1, -0.05) is 53.6 Å². The zero-order chi connectivity index (χ0) is 13.5. The van der Waals surface area contributed by atoms with Crippen LogP contribution >= 0.6 is 0 Å². The molecule has 0 fully saturated rings. The topological polar surface area (TPSA) is 26.0 Å². The first-order valence-corrected chi connectivity index (χ1v) is 6.33. The molecule has 0 heterocycles. The molecule has 96 valence electrons. The quantitative estimate of drug-likeness (QED) is 0.800. The van der Waals surface area contributed by atoms with Crippen LogP contribution in [0.25, 0.3) is 0 Å². The molecule has 0 aliphatic rings. The highest BCUT2D eigenvalue weighted by Crippen LogP contribution is 2.11. The molecule has 1 heteroatoms. The lowest BCUT2D eigenvalue weighted by Gasteiger charge is -2.04. The van der Waals surface area contributed by atoms with Crippen LogP contribution in [0.5, 0.6) is 0 Å². The van der Waals surface area contributed by atoms with Gasteiger partial charge in [0.15, 0.2) is 0 Å². The Morgan fingerprint density at radius 3 is 1.39 bits per heavy atom. The minimum Gasteiger partial charge on any atom is -0.326 e. The summed E-state index contributed by atoms with van der Waals surface area (Å²) < 4.78 is 0. The van der Waals surface area contributed by atoms with Gasteiger partial charge in [0.25, 0.3) is 0 Å². The number of hydrogen-bond acceptors (Lipinski definition) is 1. The molecule has 0 unspecified atom stereocenters. The molecular formula is C17H23N. The lowest BCUT2D eigenvalue weighted by molar-refractivity contribution is 1.03. The van der Waals surface area contributed by atoms with Crippen LogP contribution in [0.2, 0.25) is 0 Å². The molecule has 18 heavy (non-hydrogen) atoms. The van der Waals surface area contributed by atoms with Gasteiger partial charge in [0.2, 0.25) is 0 Å². The Morgan fingerprint density at radius 2 is 1.11 bits per heavy atom. The molecule has 2 aromatic carbocycles. The third kappa shape index (κ3) is 4.34. The lowest BCUT2D eigenvalue weighted by atomic mass is 10.0. The fourth-order valence-electron chi connectivity index (χ4n) is 1.81. The van der Waals surface area contributed by atoms with Crippen LogP contribution in [0, 0.1) is 27.7 Å². The van der Waals surface area contributed by atoms with Crippen molar-refractivity contribution in [3.05, 3.63) is 70.3 Å². The lowest BCUT2D eigenvalue weighted by Crippen LogP contribution is -2.01. The average molecular weight is 241 g/mol. The van der Waals surface area contributed by atoms with E-state index in [1.807, 2.05) is 0 Å². The van der Waals surface area contributed by atoms with E-state index < -0.39 is 0 Å². The van der Waals surface area contributed by atoms with E-state index in [0.29, 0.717) is 6.54 Å². The zero-order valence-corrected chi connectivity index (χ0v) is 11.8. The molecular weight excluding hydrogens is 218 g/mol. The third-order valence-corrected chi connectivity index (χ3v) is 3.07. The van der Waals surface area contributed by atoms with Crippen molar-refractivity contribution in [2.24, 2.45) is 5.73 Å². The maximum atomic E-state index is 5.55. The van der Waals surface area contributed by atoms with E-state index in [0.717, 1.165) is 0 Å². The molecule has 0 spiro atoms. The summed E-state index contributed by atoms with van der Waals surface area (Å²) in [6.45, 7) is 9.03. The van der Waals surface area contributed by atoms with E-state index in [4.69, 9.17) is 5.73 Å². The monoisotopic (exact) mass is 241 g/mol. The molecule has 0 saturated carbocycles. The first kappa shape index (κ1) is 14.5. The highest BCUT2D eigenvalue weighted by Gasteiger charge is 1.96. The minimum absolute atomic E-state index is 0.651. The summed E-state index contributed by atoms with van der Waals surface area (Å²) in [5.74, 6) is 0. The molecule has 1 nitrogen and oxygen atoms in total. The van der Waals surface area contributed by atoms with Crippen LogP contribution in [-0.4, -0.2) is 0 Å². The molecule has 0 saturated heterocycles. The minimum atomic E-state index is 0.651. The van der Waals surface area contributed by atoms with E-state index in [9.17, 15) is 0 Å². The Bertz CT molecular complexity index is 442. The number of hydrogen-bond donors (Lipinski definition) is 1. The van der Waals surface area contributed by atoms with Gasteiger partial charge in [-0.15, -0.1) is 0 Å². The normalized spacial score (nSPS) is 9.61. The molecule has 0 bridgehead atoms. The van der Waals surface area contributed by atoms with Crippen LogP contribution in [0.1, 0.15) is 27.8 Å². The predicted octanol–water partition coefficient (Wildman–Crippen LogP) is 4.07. The molecule has 0 aliphatic carbocycles. The highest BCUT2D eigenvalue weighted by molar-refractivity contribution is 5.32. The molecule has 0 atom stereocenters. The van der Waals surface area contributed by atoms with Crippen LogP contribution in [0.4, 0.5) is 0 Å². The smallest absolute Gasteiger partial charge is 0.0183 e. The summed E-state index contributed by atoms with van der Waals surface area (Å²) >= 11 is 0. The molecule has 0 radical (unpaired) electrons. The Hall–Kier alpha value is -1.60. The van der Waals surface area contributed by atoms with E-state index >= 15 is 0 Å². The Labute approximate surface area is 111 Å². The van der Waals surface area contributed by atoms with Crippen molar-refractivity contribution in [1.29, 1.82) is 0 Å². The van der Waals surface area contributed by atoms with Crippen molar-refractivity contribution in [3.8, 4) is 0 Å². The summed E-state index contributed by atoms with van der Waals surface area (Å²) in [6, 6.07) is 14.7. The van der Waals surface area contributed by atoms with Crippen LogP contribution < -0.4 is 5.73 Å². The Kier molecular flexibility index (Phi) is 5.60. The van der Waals surface area contributed by atoms with Crippen molar-refractivity contribution in [2.45, 2.75) is 34.2 Å². The Morgan fingerprint density at radius 1 is 0.722 bits per heavy atom. The van der Waals surface area contributed by atoms with Crippen LogP contribution in [0.3, 0.4) is 0 Å². The summed E-state index contributed by atoms with van der Waals surface area (Å²) in [6.07, 6.45) is 0. The SMILES string of the molecule is Cc1ccc(C)cc1.Cc1cccc(C)c1CN. The second kappa shape index (κ2) is 6.97. The van der Waals surface area contributed by atoms with E-state index in [1.165, 1.54) is 27.8 Å². The van der Waals surface area contributed by atoms with Gasteiger partial charge < -0.3 is 5.73 Å². The van der Waals surface area contributed by atoms with Gasteiger partial charge in [-0.3, -0.25) is 0 Å². The standard InChI is InChI=1S/C9H13N.C8H10/c1-7-4-3-5-8(2)9(7)6-10;1-7-3-5-8(2)6-4-7/h3-5H,6,10H2,1-2H3;3-6H,1-2H3. The average Bonchev–Trinajstić information content (AvgIpc) is 2.34.